The van der Waals surface area contributed by atoms with E-state index in [0.29, 0.717) is 5.41 Å². The van der Waals surface area contributed by atoms with Crippen LogP contribution < -0.4 is 5.32 Å². The summed E-state index contributed by atoms with van der Waals surface area (Å²) in [5.41, 5.74) is 1.44. The van der Waals surface area contributed by atoms with Gasteiger partial charge in [0.1, 0.15) is 0 Å². The van der Waals surface area contributed by atoms with Crippen molar-refractivity contribution in [1.29, 1.82) is 0 Å². The van der Waals surface area contributed by atoms with E-state index in [9.17, 15) is 0 Å². The van der Waals surface area contributed by atoms with Gasteiger partial charge in [0.25, 0.3) is 0 Å². The van der Waals surface area contributed by atoms with Gasteiger partial charge in [0.2, 0.25) is 0 Å². The summed E-state index contributed by atoms with van der Waals surface area (Å²) < 4.78 is 0. The second-order valence-electron chi connectivity index (χ2n) is 4.90. The summed E-state index contributed by atoms with van der Waals surface area (Å²) >= 11 is 0. The van der Waals surface area contributed by atoms with Crippen molar-refractivity contribution in [1.82, 2.24) is 5.32 Å². The highest BCUT2D eigenvalue weighted by Crippen LogP contribution is 2.24. The summed E-state index contributed by atoms with van der Waals surface area (Å²) in [7, 11) is 0. The second-order valence-corrected chi connectivity index (χ2v) is 4.90. The summed E-state index contributed by atoms with van der Waals surface area (Å²) in [4.78, 5) is 0. The zero-order valence-electron chi connectivity index (χ0n) is 9.20. The Morgan fingerprint density at radius 3 is 2.25 bits per heavy atom. The molecule has 0 aliphatic carbocycles. The van der Waals surface area contributed by atoms with E-state index in [1.54, 1.807) is 0 Å². The van der Waals surface area contributed by atoms with Crippen LogP contribution in [0.25, 0.3) is 0 Å². The number of hydrogen-bond acceptors (Lipinski definition) is 1. The quantitative estimate of drug-likeness (QED) is 0.666. The molecule has 0 rings (SSSR count). The van der Waals surface area contributed by atoms with Gasteiger partial charge >= 0.3 is 0 Å². The molecule has 72 valence electrons. The molecule has 0 aromatic carbocycles. The molecule has 0 saturated carbocycles. The molecular weight excluding hydrogens is 146 g/mol. The van der Waals surface area contributed by atoms with Crippen molar-refractivity contribution >= 4 is 0 Å². The first-order valence-corrected chi connectivity index (χ1v) is 4.73. The average Bonchev–Trinajstić information content (AvgIpc) is 1.81. The van der Waals surface area contributed by atoms with Crippen molar-refractivity contribution in [2.45, 2.75) is 41.0 Å². The molecule has 0 aromatic rings. The van der Waals surface area contributed by atoms with Crippen LogP contribution in [0.4, 0.5) is 0 Å². The molecule has 0 atom stereocenters. The Bertz CT molecular complexity index is 145. The fourth-order valence-corrected chi connectivity index (χ4v) is 1.57. The first-order valence-electron chi connectivity index (χ1n) is 4.73. The van der Waals surface area contributed by atoms with Gasteiger partial charge in [-0.15, -0.1) is 0 Å². The van der Waals surface area contributed by atoms with E-state index in [-0.39, 0.29) is 0 Å². The third-order valence-corrected chi connectivity index (χ3v) is 1.83. The van der Waals surface area contributed by atoms with Gasteiger partial charge in [-0.25, -0.2) is 0 Å². The van der Waals surface area contributed by atoms with Crippen LogP contribution in [0.3, 0.4) is 0 Å². The number of rotatable bonds is 5. The van der Waals surface area contributed by atoms with E-state index >= 15 is 0 Å². The molecule has 0 fully saturated rings. The fourth-order valence-electron chi connectivity index (χ4n) is 1.57. The van der Waals surface area contributed by atoms with E-state index in [4.69, 9.17) is 0 Å². The van der Waals surface area contributed by atoms with Crippen molar-refractivity contribution < 1.29 is 0 Å². The van der Waals surface area contributed by atoms with Crippen molar-refractivity contribution in [3.8, 4) is 0 Å². The van der Waals surface area contributed by atoms with Crippen LogP contribution in [0.15, 0.2) is 12.3 Å². The summed E-state index contributed by atoms with van der Waals surface area (Å²) in [6.07, 6.45) is 1.26. The monoisotopic (exact) mass is 169 g/mol. The lowest BCUT2D eigenvalue weighted by Gasteiger charge is -2.27. The smallest absolute Gasteiger partial charge is 0.0195 e. The zero-order chi connectivity index (χ0) is 9.78. The van der Waals surface area contributed by atoms with E-state index in [0.717, 1.165) is 18.2 Å². The van der Waals surface area contributed by atoms with Crippen LogP contribution in [-0.4, -0.2) is 6.54 Å². The van der Waals surface area contributed by atoms with Gasteiger partial charge in [-0.05, 0) is 24.7 Å². The molecule has 0 bridgehead atoms. The highest BCUT2D eigenvalue weighted by atomic mass is 14.9. The largest absolute Gasteiger partial charge is 0.389 e. The maximum absolute atomic E-state index is 3.83. The maximum atomic E-state index is 3.83. The Hall–Kier alpha value is -0.460. The second kappa shape index (κ2) is 4.54. The van der Waals surface area contributed by atoms with Crippen LogP contribution in [0, 0.1) is 11.3 Å². The van der Waals surface area contributed by atoms with Crippen molar-refractivity contribution in [2.24, 2.45) is 11.3 Å². The molecule has 0 aliphatic heterocycles. The molecule has 0 heterocycles. The summed E-state index contributed by atoms with van der Waals surface area (Å²) in [6.45, 7) is 16.0. The van der Waals surface area contributed by atoms with Crippen molar-refractivity contribution in [2.75, 3.05) is 6.54 Å². The number of allylic oxidation sites excluding steroid dienone is 1. The van der Waals surface area contributed by atoms with Crippen LogP contribution in [0.1, 0.15) is 41.0 Å². The average molecular weight is 169 g/mol. The van der Waals surface area contributed by atoms with Gasteiger partial charge < -0.3 is 5.32 Å². The molecule has 12 heavy (non-hydrogen) atoms. The molecule has 1 N–H and O–H groups in total. The van der Waals surface area contributed by atoms with Crippen molar-refractivity contribution in [3.05, 3.63) is 12.3 Å². The van der Waals surface area contributed by atoms with Gasteiger partial charge in [0, 0.05) is 12.2 Å². The predicted octanol–water partition coefficient (Wildman–Crippen LogP) is 3.18. The van der Waals surface area contributed by atoms with Gasteiger partial charge in [-0.1, -0.05) is 34.3 Å². The molecule has 0 aliphatic rings. The Morgan fingerprint density at radius 1 is 1.42 bits per heavy atom. The Balaban J connectivity index is 3.78. The molecule has 0 spiro atoms. The molecule has 1 heteroatoms. The zero-order valence-corrected chi connectivity index (χ0v) is 9.20. The van der Waals surface area contributed by atoms with Crippen LogP contribution >= 0.6 is 0 Å². The third-order valence-electron chi connectivity index (χ3n) is 1.83. The lowest BCUT2D eigenvalue weighted by atomic mass is 9.84. The lowest BCUT2D eigenvalue weighted by Crippen LogP contribution is -2.29. The van der Waals surface area contributed by atoms with Crippen molar-refractivity contribution in [3.63, 3.8) is 0 Å². The van der Waals surface area contributed by atoms with E-state index in [2.05, 4.69) is 39.6 Å². The fraction of sp³-hybridized carbons (Fsp3) is 0.818. The van der Waals surface area contributed by atoms with E-state index in [1.165, 1.54) is 6.42 Å². The molecule has 0 unspecified atom stereocenters. The topological polar surface area (TPSA) is 12.0 Å². The normalized spacial score (nSPS) is 11.8. The SMILES string of the molecule is C=C(C)NCC(C)(C)CC(C)C. The minimum atomic E-state index is 0.382. The molecule has 0 saturated heterocycles. The minimum Gasteiger partial charge on any atom is -0.389 e. The maximum Gasteiger partial charge on any atom is 0.0195 e. The number of nitrogens with one attached hydrogen (secondary N) is 1. The highest BCUT2D eigenvalue weighted by Gasteiger charge is 2.18. The van der Waals surface area contributed by atoms with Crippen LogP contribution in [0.2, 0.25) is 0 Å². The summed E-state index contributed by atoms with van der Waals surface area (Å²) in [5, 5.41) is 3.30. The van der Waals surface area contributed by atoms with E-state index in [1.807, 2.05) is 6.92 Å². The van der Waals surface area contributed by atoms with E-state index < -0.39 is 0 Å². The van der Waals surface area contributed by atoms with Gasteiger partial charge in [-0.2, -0.15) is 0 Å². The van der Waals surface area contributed by atoms with Gasteiger partial charge in [0.15, 0.2) is 0 Å². The number of hydrogen-bond donors (Lipinski definition) is 1. The van der Waals surface area contributed by atoms with Gasteiger partial charge in [0.05, 0.1) is 0 Å². The van der Waals surface area contributed by atoms with Crippen LogP contribution in [0.5, 0.6) is 0 Å². The third kappa shape index (κ3) is 6.26. The minimum absolute atomic E-state index is 0.382. The van der Waals surface area contributed by atoms with Gasteiger partial charge in [-0.3, -0.25) is 0 Å². The Morgan fingerprint density at radius 2 is 1.92 bits per heavy atom. The standard InChI is InChI=1S/C11H23N/c1-9(2)7-11(5,6)8-12-10(3)4/h9,12H,3,7-8H2,1-2,4-6H3. The first-order chi connectivity index (χ1) is 5.33. The summed E-state index contributed by atoms with van der Waals surface area (Å²) in [6, 6.07) is 0. The predicted molar refractivity (Wildman–Crippen MR) is 56.1 cm³/mol. The van der Waals surface area contributed by atoms with Crippen LogP contribution in [-0.2, 0) is 0 Å². The Labute approximate surface area is 77.2 Å². The molecule has 0 aromatic heterocycles. The summed E-state index contributed by atoms with van der Waals surface area (Å²) in [5.74, 6) is 0.770. The molecule has 1 nitrogen and oxygen atoms in total. The highest BCUT2D eigenvalue weighted by molar-refractivity contribution is 4.87. The molecule has 0 amide bonds. The first kappa shape index (κ1) is 11.5. The molecular formula is C11H23N. The Kier molecular flexibility index (Phi) is 4.36. The lowest BCUT2D eigenvalue weighted by molar-refractivity contribution is 0.281. The molecule has 0 radical (unpaired) electrons.